The number of nitrogens with zero attached hydrogens (tertiary/aromatic N) is 2. The first kappa shape index (κ1) is 11.5. The second-order valence-corrected chi connectivity index (χ2v) is 4.06. The molecule has 2 aromatic carbocycles. The molecule has 0 spiro atoms. The predicted octanol–water partition coefficient (Wildman–Crippen LogP) is 2.66. The van der Waals surface area contributed by atoms with Crippen molar-refractivity contribution in [1.29, 1.82) is 0 Å². The third kappa shape index (κ3) is 1.99. The zero-order valence-electron chi connectivity index (χ0n) is 9.68. The van der Waals surface area contributed by atoms with Crippen LogP contribution < -0.4 is 5.56 Å². The van der Waals surface area contributed by atoms with Crippen LogP contribution in [0.2, 0.25) is 0 Å². The molecule has 0 aliphatic rings. The van der Waals surface area contributed by atoms with Gasteiger partial charge in [-0.1, -0.05) is 0 Å². The first-order chi connectivity index (χ1) is 9.15. The maximum Gasteiger partial charge on any atom is 0.265 e. The Bertz CT molecular complexity index is 810. The van der Waals surface area contributed by atoms with Crippen LogP contribution in [0.3, 0.4) is 0 Å². The molecule has 1 aromatic heterocycles. The minimum atomic E-state index is -0.497. The smallest absolute Gasteiger partial charge is 0.265 e. The van der Waals surface area contributed by atoms with E-state index in [1.165, 1.54) is 47.3 Å². The normalized spacial score (nSPS) is 10.8. The second kappa shape index (κ2) is 4.28. The lowest BCUT2D eigenvalue weighted by molar-refractivity contribution is 0.627. The molecule has 0 N–H and O–H groups in total. The molecule has 0 fully saturated rings. The standard InChI is InChI=1S/C14H8F2N2O/c15-9-1-4-11(5-2-9)18-8-17-13-6-3-10(16)7-12(13)14(18)19/h1-8H. The maximum absolute atomic E-state index is 13.2. The van der Waals surface area contributed by atoms with Crippen LogP contribution in [0.25, 0.3) is 16.6 Å². The summed E-state index contributed by atoms with van der Waals surface area (Å²) in [5, 5.41) is 0.187. The van der Waals surface area contributed by atoms with E-state index in [-0.39, 0.29) is 5.39 Å². The molecule has 0 amide bonds. The molecule has 0 bridgehead atoms. The van der Waals surface area contributed by atoms with Gasteiger partial charge in [0.05, 0.1) is 16.6 Å². The molecule has 3 rings (SSSR count). The van der Waals surface area contributed by atoms with E-state index in [9.17, 15) is 13.6 Å². The molecule has 19 heavy (non-hydrogen) atoms. The monoisotopic (exact) mass is 258 g/mol. The number of halogens is 2. The van der Waals surface area contributed by atoms with E-state index in [4.69, 9.17) is 0 Å². The Labute approximate surface area is 106 Å². The van der Waals surface area contributed by atoms with Crippen molar-refractivity contribution in [3.8, 4) is 5.69 Å². The van der Waals surface area contributed by atoms with Gasteiger partial charge >= 0.3 is 0 Å². The minimum absolute atomic E-state index is 0.187. The molecule has 0 aliphatic heterocycles. The van der Waals surface area contributed by atoms with Gasteiger partial charge in [0.1, 0.15) is 18.0 Å². The Morgan fingerprint density at radius 1 is 0.947 bits per heavy atom. The van der Waals surface area contributed by atoms with Gasteiger partial charge in [-0.25, -0.2) is 13.8 Å². The van der Waals surface area contributed by atoms with Crippen LogP contribution in [-0.4, -0.2) is 9.55 Å². The van der Waals surface area contributed by atoms with E-state index >= 15 is 0 Å². The maximum atomic E-state index is 13.2. The van der Waals surface area contributed by atoms with E-state index in [0.29, 0.717) is 11.2 Å². The average Bonchev–Trinajstić information content (AvgIpc) is 2.41. The molecule has 0 aliphatic carbocycles. The molecule has 3 aromatic rings. The van der Waals surface area contributed by atoms with Gasteiger partial charge in [-0.15, -0.1) is 0 Å². The molecule has 1 heterocycles. The molecule has 0 radical (unpaired) electrons. The third-order valence-electron chi connectivity index (χ3n) is 2.82. The molecular formula is C14H8F2N2O. The molecule has 0 saturated carbocycles. The lowest BCUT2D eigenvalue weighted by atomic mass is 10.2. The van der Waals surface area contributed by atoms with Crippen LogP contribution in [0.5, 0.6) is 0 Å². The summed E-state index contributed by atoms with van der Waals surface area (Å²) >= 11 is 0. The van der Waals surface area contributed by atoms with Crippen LogP contribution in [0.1, 0.15) is 0 Å². The summed E-state index contributed by atoms with van der Waals surface area (Å²) in [6.07, 6.45) is 1.34. The van der Waals surface area contributed by atoms with Crippen LogP contribution >= 0.6 is 0 Å². The number of fused-ring (bicyclic) bond motifs is 1. The van der Waals surface area contributed by atoms with Crippen molar-refractivity contribution in [2.75, 3.05) is 0 Å². The Balaban J connectivity index is 2.28. The van der Waals surface area contributed by atoms with Gasteiger partial charge < -0.3 is 0 Å². The van der Waals surface area contributed by atoms with Gasteiger partial charge in [-0.3, -0.25) is 9.36 Å². The lowest BCUT2D eigenvalue weighted by Gasteiger charge is -2.06. The molecule has 94 valence electrons. The molecule has 0 unspecified atom stereocenters. The van der Waals surface area contributed by atoms with Gasteiger partial charge in [-0.2, -0.15) is 0 Å². The van der Waals surface area contributed by atoms with Crippen molar-refractivity contribution < 1.29 is 8.78 Å². The van der Waals surface area contributed by atoms with Crippen LogP contribution in [0.4, 0.5) is 8.78 Å². The SMILES string of the molecule is O=c1c2cc(F)ccc2ncn1-c1ccc(F)cc1. The zero-order chi connectivity index (χ0) is 13.4. The molecule has 0 saturated heterocycles. The summed E-state index contributed by atoms with van der Waals surface area (Å²) in [6, 6.07) is 9.25. The molecular weight excluding hydrogens is 250 g/mol. The second-order valence-electron chi connectivity index (χ2n) is 4.06. The van der Waals surface area contributed by atoms with Gasteiger partial charge in [0, 0.05) is 0 Å². The van der Waals surface area contributed by atoms with E-state index in [1.54, 1.807) is 0 Å². The number of aromatic nitrogens is 2. The molecule has 5 heteroatoms. The Morgan fingerprint density at radius 2 is 1.63 bits per heavy atom. The van der Waals surface area contributed by atoms with E-state index in [2.05, 4.69) is 4.98 Å². The zero-order valence-corrected chi connectivity index (χ0v) is 9.68. The molecule has 3 nitrogen and oxygen atoms in total. The summed E-state index contributed by atoms with van der Waals surface area (Å²) in [6.45, 7) is 0. The number of hydrogen-bond acceptors (Lipinski definition) is 2. The quantitative estimate of drug-likeness (QED) is 0.672. The largest absolute Gasteiger partial charge is 0.268 e. The van der Waals surface area contributed by atoms with E-state index in [1.807, 2.05) is 0 Å². The van der Waals surface area contributed by atoms with Crippen molar-refractivity contribution in [3.63, 3.8) is 0 Å². The van der Waals surface area contributed by atoms with Crippen LogP contribution in [0, 0.1) is 11.6 Å². The van der Waals surface area contributed by atoms with E-state index < -0.39 is 17.2 Å². The van der Waals surface area contributed by atoms with Crippen LogP contribution in [-0.2, 0) is 0 Å². The average molecular weight is 258 g/mol. The highest BCUT2D eigenvalue weighted by Gasteiger charge is 2.06. The number of rotatable bonds is 1. The fraction of sp³-hybridized carbons (Fsp3) is 0. The van der Waals surface area contributed by atoms with Crippen molar-refractivity contribution in [1.82, 2.24) is 9.55 Å². The summed E-state index contributed by atoms with van der Waals surface area (Å²) in [7, 11) is 0. The highest BCUT2D eigenvalue weighted by Crippen LogP contribution is 2.11. The number of benzene rings is 2. The fourth-order valence-corrected chi connectivity index (χ4v) is 1.88. The van der Waals surface area contributed by atoms with Crippen LogP contribution in [0.15, 0.2) is 53.6 Å². The topological polar surface area (TPSA) is 34.9 Å². The van der Waals surface area contributed by atoms with Gasteiger partial charge in [0.25, 0.3) is 5.56 Å². The Hall–Kier alpha value is -2.56. The highest BCUT2D eigenvalue weighted by atomic mass is 19.1. The minimum Gasteiger partial charge on any atom is -0.268 e. The van der Waals surface area contributed by atoms with Gasteiger partial charge in [0.15, 0.2) is 0 Å². The Kier molecular flexibility index (Phi) is 2.59. The fourth-order valence-electron chi connectivity index (χ4n) is 1.88. The summed E-state index contributed by atoms with van der Waals surface area (Å²) < 4.78 is 27.3. The first-order valence-corrected chi connectivity index (χ1v) is 5.58. The van der Waals surface area contributed by atoms with E-state index in [0.717, 1.165) is 6.07 Å². The highest BCUT2D eigenvalue weighted by molar-refractivity contribution is 5.77. The number of hydrogen-bond donors (Lipinski definition) is 0. The van der Waals surface area contributed by atoms with Gasteiger partial charge in [0.2, 0.25) is 0 Å². The third-order valence-corrected chi connectivity index (χ3v) is 2.82. The Morgan fingerprint density at radius 3 is 2.37 bits per heavy atom. The van der Waals surface area contributed by atoms with Crippen molar-refractivity contribution >= 4 is 10.9 Å². The predicted molar refractivity (Wildman–Crippen MR) is 67.3 cm³/mol. The summed E-state index contributed by atoms with van der Waals surface area (Å²) in [4.78, 5) is 16.3. The van der Waals surface area contributed by atoms with Gasteiger partial charge in [-0.05, 0) is 42.5 Å². The molecule has 0 atom stereocenters. The van der Waals surface area contributed by atoms with Crippen molar-refractivity contribution in [3.05, 3.63) is 70.8 Å². The first-order valence-electron chi connectivity index (χ1n) is 5.58. The summed E-state index contributed by atoms with van der Waals surface area (Å²) in [5.41, 5.74) is 0.505. The summed E-state index contributed by atoms with van der Waals surface area (Å²) in [5.74, 6) is -0.889. The lowest BCUT2D eigenvalue weighted by Crippen LogP contribution is -2.18. The van der Waals surface area contributed by atoms with Crippen molar-refractivity contribution in [2.45, 2.75) is 0 Å². The van der Waals surface area contributed by atoms with Crippen molar-refractivity contribution in [2.24, 2.45) is 0 Å².